The van der Waals surface area contributed by atoms with E-state index in [1.807, 2.05) is 6.92 Å². The van der Waals surface area contributed by atoms with Crippen LogP contribution in [-0.2, 0) is 16.3 Å². The van der Waals surface area contributed by atoms with E-state index in [-0.39, 0.29) is 15.5 Å². The number of carbonyl (C=O) groups is 1. The molecule has 0 fully saturated rings. The Hall–Kier alpha value is -3.00. The lowest BCUT2D eigenvalue weighted by Gasteiger charge is -2.06. The number of rotatable bonds is 5. The second kappa shape index (κ2) is 6.72. The molecule has 3 aromatic rings. The summed E-state index contributed by atoms with van der Waals surface area (Å²) in [6, 6.07) is 12.6. The molecule has 0 radical (unpaired) electrons. The standard InChI is InChI=1S/C18H17N3O4S/c1-3-13-4-10-16(11-5-13)26(24,25)17-12(2)21(20-19-17)15-8-6-14(7-9-15)18(22)23/h4-11H,3H2,1-2H3,(H,22,23). The number of sulfone groups is 1. The van der Waals surface area contributed by atoms with E-state index in [2.05, 4.69) is 10.3 Å². The number of hydrogen-bond donors (Lipinski definition) is 1. The van der Waals surface area contributed by atoms with Crippen molar-refractivity contribution >= 4 is 15.8 Å². The zero-order chi connectivity index (χ0) is 18.9. The van der Waals surface area contributed by atoms with Crippen molar-refractivity contribution in [2.24, 2.45) is 0 Å². The van der Waals surface area contributed by atoms with Crippen molar-refractivity contribution in [3.8, 4) is 5.69 Å². The van der Waals surface area contributed by atoms with Crippen molar-refractivity contribution in [2.75, 3.05) is 0 Å². The number of aryl methyl sites for hydroxylation is 1. The van der Waals surface area contributed by atoms with Gasteiger partial charge >= 0.3 is 5.97 Å². The molecule has 0 atom stereocenters. The third kappa shape index (κ3) is 3.11. The zero-order valence-electron chi connectivity index (χ0n) is 14.2. The van der Waals surface area contributed by atoms with Crippen LogP contribution >= 0.6 is 0 Å². The van der Waals surface area contributed by atoms with Crippen molar-refractivity contribution in [2.45, 2.75) is 30.2 Å². The number of aromatic carboxylic acids is 1. The molecule has 0 saturated heterocycles. The first-order valence-corrected chi connectivity index (χ1v) is 9.43. The highest BCUT2D eigenvalue weighted by Gasteiger charge is 2.25. The zero-order valence-corrected chi connectivity index (χ0v) is 15.1. The van der Waals surface area contributed by atoms with E-state index in [9.17, 15) is 13.2 Å². The predicted octanol–water partition coefficient (Wildman–Crippen LogP) is 2.67. The van der Waals surface area contributed by atoms with Crippen molar-refractivity contribution in [1.82, 2.24) is 15.0 Å². The molecule has 26 heavy (non-hydrogen) atoms. The first-order chi connectivity index (χ1) is 12.3. The summed E-state index contributed by atoms with van der Waals surface area (Å²) in [4.78, 5) is 11.1. The summed E-state index contributed by atoms with van der Waals surface area (Å²) in [7, 11) is -3.79. The number of nitrogens with zero attached hydrogens (tertiary/aromatic N) is 3. The van der Waals surface area contributed by atoms with Crippen LogP contribution in [0.5, 0.6) is 0 Å². The van der Waals surface area contributed by atoms with Gasteiger partial charge < -0.3 is 5.11 Å². The predicted molar refractivity (Wildman–Crippen MR) is 94.3 cm³/mol. The summed E-state index contributed by atoms with van der Waals surface area (Å²) in [5.41, 5.74) is 2.06. The van der Waals surface area contributed by atoms with Gasteiger partial charge in [-0.1, -0.05) is 24.3 Å². The summed E-state index contributed by atoms with van der Waals surface area (Å²) in [6.07, 6.45) is 0.821. The van der Waals surface area contributed by atoms with Gasteiger partial charge in [0.2, 0.25) is 14.9 Å². The second-order valence-electron chi connectivity index (χ2n) is 5.74. The minimum absolute atomic E-state index is 0.121. The van der Waals surface area contributed by atoms with Crippen LogP contribution in [0.15, 0.2) is 58.5 Å². The molecule has 3 rings (SSSR count). The average molecular weight is 371 g/mol. The Balaban J connectivity index is 2.01. The molecule has 2 aromatic carbocycles. The smallest absolute Gasteiger partial charge is 0.335 e. The molecular formula is C18H17N3O4S. The highest BCUT2D eigenvalue weighted by Crippen LogP contribution is 2.24. The molecule has 0 amide bonds. The Morgan fingerprint density at radius 1 is 1.08 bits per heavy atom. The minimum atomic E-state index is -3.79. The average Bonchev–Trinajstić information content (AvgIpc) is 3.04. The Labute approximate surface area is 150 Å². The summed E-state index contributed by atoms with van der Waals surface area (Å²) in [6.45, 7) is 3.60. The molecule has 0 aliphatic carbocycles. The van der Waals surface area contributed by atoms with E-state index in [0.717, 1.165) is 12.0 Å². The van der Waals surface area contributed by atoms with Gasteiger partial charge in [0.1, 0.15) is 0 Å². The van der Waals surface area contributed by atoms with Gasteiger partial charge in [0.15, 0.2) is 0 Å². The Kier molecular flexibility index (Phi) is 4.60. The normalized spacial score (nSPS) is 11.5. The van der Waals surface area contributed by atoms with E-state index in [1.54, 1.807) is 43.3 Å². The first-order valence-electron chi connectivity index (χ1n) is 7.94. The highest BCUT2D eigenvalue weighted by atomic mass is 32.2. The summed E-state index contributed by atoms with van der Waals surface area (Å²) in [5.74, 6) is -1.04. The van der Waals surface area contributed by atoms with Gasteiger partial charge in [0, 0.05) is 0 Å². The molecule has 0 aliphatic heterocycles. The van der Waals surface area contributed by atoms with Crippen LogP contribution in [-0.4, -0.2) is 34.5 Å². The lowest BCUT2D eigenvalue weighted by molar-refractivity contribution is 0.0697. The Morgan fingerprint density at radius 3 is 2.23 bits per heavy atom. The van der Waals surface area contributed by atoms with E-state index < -0.39 is 15.8 Å². The van der Waals surface area contributed by atoms with Gasteiger partial charge in [0.25, 0.3) is 0 Å². The molecule has 8 heteroatoms. The summed E-state index contributed by atoms with van der Waals surface area (Å²) in [5, 5.41) is 16.6. The van der Waals surface area contributed by atoms with Gasteiger partial charge in [0.05, 0.1) is 21.8 Å². The highest BCUT2D eigenvalue weighted by molar-refractivity contribution is 7.91. The lowest BCUT2D eigenvalue weighted by atomic mass is 10.2. The molecule has 1 aromatic heterocycles. The SMILES string of the molecule is CCc1ccc(S(=O)(=O)c2nnn(-c3ccc(C(=O)O)cc3)c2C)cc1. The van der Waals surface area contributed by atoms with Gasteiger partial charge in [-0.3, -0.25) is 0 Å². The molecular weight excluding hydrogens is 354 g/mol. The van der Waals surface area contributed by atoms with Crippen LogP contribution in [0.2, 0.25) is 0 Å². The fourth-order valence-electron chi connectivity index (χ4n) is 2.57. The fraction of sp³-hybridized carbons (Fsp3) is 0.167. The van der Waals surface area contributed by atoms with Crippen LogP contribution < -0.4 is 0 Å². The van der Waals surface area contributed by atoms with Crippen molar-refractivity contribution in [3.05, 3.63) is 65.4 Å². The van der Waals surface area contributed by atoms with Crippen molar-refractivity contribution < 1.29 is 18.3 Å². The second-order valence-corrected chi connectivity index (χ2v) is 7.61. The maximum atomic E-state index is 12.8. The maximum Gasteiger partial charge on any atom is 0.335 e. The third-order valence-electron chi connectivity index (χ3n) is 4.11. The number of carboxylic acids is 1. The van der Waals surface area contributed by atoms with E-state index in [0.29, 0.717) is 11.4 Å². The summed E-state index contributed by atoms with van der Waals surface area (Å²) >= 11 is 0. The van der Waals surface area contributed by atoms with Crippen LogP contribution in [0.3, 0.4) is 0 Å². The molecule has 0 spiro atoms. The molecule has 1 N–H and O–H groups in total. The number of carboxylic acid groups (broad SMARTS) is 1. The Morgan fingerprint density at radius 2 is 1.69 bits per heavy atom. The van der Waals surface area contributed by atoms with Gasteiger partial charge in [-0.25, -0.2) is 17.9 Å². The molecule has 0 aliphatic rings. The van der Waals surface area contributed by atoms with Crippen LogP contribution in [0.4, 0.5) is 0 Å². The first kappa shape index (κ1) is 17.8. The van der Waals surface area contributed by atoms with Crippen LogP contribution in [0.25, 0.3) is 5.69 Å². The molecule has 0 saturated carbocycles. The minimum Gasteiger partial charge on any atom is -0.478 e. The number of benzene rings is 2. The van der Waals surface area contributed by atoms with Crippen molar-refractivity contribution in [1.29, 1.82) is 0 Å². The van der Waals surface area contributed by atoms with Crippen molar-refractivity contribution in [3.63, 3.8) is 0 Å². The number of aromatic nitrogens is 3. The van der Waals surface area contributed by atoms with Crippen LogP contribution in [0, 0.1) is 6.92 Å². The summed E-state index contributed by atoms with van der Waals surface area (Å²) < 4.78 is 27.1. The molecule has 0 bridgehead atoms. The van der Waals surface area contributed by atoms with Gasteiger partial charge in [-0.15, -0.1) is 5.10 Å². The topological polar surface area (TPSA) is 102 Å². The van der Waals surface area contributed by atoms with E-state index >= 15 is 0 Å². The Bertz CT molecular complexity index is 1050. The monoisotopic (exact) mass is 371 g/mol. The third-order valence-corrected chi connectivity index (χ3v) is 5.89. The number of hydrogen-bond acceptors (Lipinski definition) is 5. The van der Waals surface area contributed by atoms with Gasteiger partial charge in [-0.2, -0.15) is 0 Å². The lowest BCUT2D eigenvalue weighted by Crippen LogP contribution is -2.06. The quantitative estimate of drug-likeness (QED) is 0.740. The van der Waals surface area contributed by atoms with Gasteiger partial charge in [-0.05, 0) is 55.3 Å². The largest absolute Gasteiger partial charge is 0.478 e. The van der Waals surface area contributed by atoms with Crippen LogP contribution in [0.1, 0.15) is 28.5 Å². The van der Waals surface area contributed by atoms with E-state index in [1.165, 1.54) is 16.8 Å². The fourth-order valence-corrected chi connectivity index (χ4v) is 3.91. The molecule has 134 valence electrons. The molecule has 0 unspecified atom stereocenters. The maximum absolute atomic E-state index is 12.8. The molecule has 1 heterocycles. The van der Waals surface area contributed by atoms with E-state index in [4.69, 9.17) is 5.11 Å². The molecule has 7 nitrogen and oxygen atoms in total.